The molecule has 1 aliphatic carbocycles. The zero-order valence-corrected chi connectivity index (χ0v) is 7.43. The van der Waals surface area contributed by atoms with Gasteiger partial charge in [0, 0.05) is 0 Å². The van der Waals surface area contributed by atoms with E-state index < -0.39 is 0 Å². The van der Waals surface area contributed by atoms with Gasteiger partial charge in [0.2, 0.25) is 0 Å². The highest BCUT2D eigenvalue weighted by atomic mass is 14.8. The Labute approximate surface area is 69.2 Å². The highest BCUT2D eigenvalue weighted by Crippen LogP contribution is 2.21. The van der Waals surface area contributed by atoms with E-state index in [0.29, 0.717) is 0 Å². The van der Waals surface area contributed by atoms with E-state index in [4.69, 9.17) is 0 Å². The summed E-state index contributed by atoms with van der Waals surface area (Å²) < 4.78 is 0. The Bertz CT molecular complexity index is 168. The second kappa shape index (κ2) is 4.35. The minimum absolute atomic E-state index is 0.758. The highest BCUT2D eigenvalue weighted by molar-refractivity contribution is 5.20. The number of allylic oxidation sites excluding steroid dienone is 3. The van der Waals surface area contributed by atoms with Crippen LogP contribution in [0.25, 0.3) is 0 Å². The molecule has 0 spiro atoms. The molecule has 1 rings (SSSR count). The lowest BCUT2D eigenvalue weighted by Crippen LogP contribution is -2.12. The van der Waals surface area contributed by atoms with Gasteiger partial charge >= 0.3 is 0 Å². The largest absolute Gasteiger partial charge is 0.319 e. The van der Waals surface area contributed by atoms with Crippen LogP contribution in [-0.2, 0) is 0 Å². The second-order valence-corrected chi connectivity index (χ2v) is 3.16. The van der Waals surface area contributed by atoms with Crippen LogP contribution >= 0.6 is 0 Å². The smallest absolute Gasteiger partial charge is 0.00144 e. The maximum absolute atomic E-state index is 3.17. The van der Waals surface area contributed by atoms with Gasteiger partial charge in [-0.05, 0) is 32.4 Å². The fourth-order valence-corrected chi connectivity index (χ4v) is 1.39. The Morgan fingerprint density at radius 1 is 1.64 bits per heavy atom. The second-order valence-electron chi connectivity index (χ2n) is 3.16. The molecule has 1 heteroatoms. The van der Waals surface area contributed by atoms with Crippen LogP contribution in [0.3, 0.4) is 0 Å². The van der Waals surface area contributed by atoms with E-state index in [1.54, 1.807) is 5.57 Å². The molecule has 0 saturated heterocycles. The monoisotopic (exact) mass is 151 g/mol. The van der Waals surface area contributed by atoms with Crippen LogP contribution < -0.4 is 5.32 Å². The maximum Gasteiger partial charge on any atom is -0.00144 e. The van der Waals surface area contributed by atoms with Crippen molar-refractivity contribution < 1.29 is 0 Å². The van der Waals surface area contributed by atoms with Crippen LogP contribution in [0.2, 0.25) is 0 Å². The third kappa shape index (κ3) is 2.51. The molecule has 0 fully saturated rings. The SMILES string of the molecule is CNCCC1=CC=CCC1C. The summed E-state index contributed by atoms with van der Waals surface area (Å²) in [7, 11) is 2.00. The summed E-state index contributed by atoms with van der Waals surface area (Å²) in [6, 6.07) is 0. The van der Waals surface area contributed by atoms with Crippen molar-refractivity contribution in [1.82, 2.24) is 5.32 Å². The van der Waals surface area contributed by atoms with Gasteiger partial charge in [-0.2, -0.15) is 0 Å². The van der Waals surface area contributed by atoms with E-state index in [0.717, 1.165) is 12.5 Å². The molecule has 0 aromatic heterocycles. The molecular weight excluding hydrogens is 134 g/mol. The van der Waals surface area contributed by atoms with Gasteiger partial charge < -0.3 is 5.32 Å². The quantitative estimate of drug-likeness (QED) is 0.651. The number of hydrogen-bond donors (Lipinski definition) is 1. The van der Waals surface area contributed by atoms with Crippen LogP contribution in [0, 0.1) is 5.92 Å². The highest BCUT2D eigenvalue weighted by Gasteiger charge is 2.07. The Kier molecular flexibility index (Phi) is 3.37. The Balaban J connectivity index is 2.40. The number of rotatable bonds is 3. The van der Waals surface area contributed by atoms with E-state index in [-0.39, 0.29) is 0 Å². The lowest BCUT2D eigenvalue weighted by Gasteiger charge is -2.16. The normalized spacial score (nSPS) is 23.5. The van der Waals surface area contributed by atoms with Crippen molar-refractivity contribution in [2.75, 3.05) is 13.6 Å². The third-order valence-electron chi connectivity index (χ3n) is 2.23. The molecular formula is C10H17N. The molecule has 0 aliphatic heterocycles. The summed E-state index contributed by atoms with van der Waals surface area (Å²) in [5, 5.41) is 3.17. The van der Waals surface area contributed by atoms with Gasteiger partial charge in [0.15, 0.2) is 0 Å². The summed E-state index contributed by atoms with van der Waals surface area (Å²) in [4.78, 5) is 0. The topological polar surface area (TPSA) is 12.0 Å². The van der Waals surface area contributed by atoms with E-state index in [2.05, 4.69) is 30.5 Å². The van der Waals surface area contributed by atoms with E-state index in [9.17, 15) is 0 Å². The fraction of sp³-hybridized carbons (Fsp3) is 0.600. The van der Waals surface area contributed by atoms with Crippen molar-refractivity contribution in [2.45, 2.75) is 19.8 Å². The molecule has 11 heavy (non-hydrogen) atoms. The zero-order chi connectivity index (χ0) is 8.10. The van der Waals surface area contributed by atoms with E-state index >= 15 is 0 Å². The van der Waals surface area contributed by atoms with Crippen LogP contribution in [0.15, 0.2) is 23.8 Å². The van der Waals surface area contributed by atoms with Crippen LogP contribution in [0.5, 0.6) is 0 Å². The van der Waals surface area contributed by atoms with E-state index in [1.165, 1.54) is 12.8 Å². The van der Waals surface area contributed by atoms with E-state index in [1.807, 2.05) is 7.05 Å². The fourth-order valence-electron chi connectivity index (χ4n) is 1.39. The molecule has 0 radical (unpaired) electrons. The average molecular weight is 151 g/mol. The first-order valence-corrected chi connectivity index (χ1v) is 4.34. The van der Waals surface area contributed by atoms with Gasteiger partial charge in [0.05, 0.1) is 0 Å². The molecule has 1 unspecified atom stereocenters. The van der Waals surface area contributed by atoms with Crippen molar-refractivity contribution in [1.29, 1.82) is 0 Å². The molecule has 0 heterocycles. The molecule has 1 nitrogen and oxygen atoms in total. The first kappa shape index (κ1) is 8.54. The predicted molar refractivity (Wildman–Crippen MR) is 49.5 cm³/mol. The molecule has 0 amide bonds. The van der Waals surface area contributed by atoms with Gasteiger partial charge in [-0.3, -0.25) is 0 Å². The summed E-state index contributed by atoms with van der Waals surface area (Å²) in [5.74, 6) is 0.758. The third-order valence-corrected chi connectivity index (χ3v) is 2.23. The Hall–Kier alpha value is -0.560. The van der Waals surface area contributed by atoms with Crippen molar-refractivity contribution in [3.8, 4) is 0 Å². The zero-order valence-electron chi connectivity index (χ0n) is 7.43. The first-order chi connectivity index (χ1) is 5.34. The van der Waals surface area contributed by atoms with Crippen molar-refractivity contribution in [3.05, 3.63) is 23.8 Å². The molecule has 1 N–H and O–H groups in total. The summed E-state index contributed by atoms with van der Waals surface area (Å²) in [6.45, 7) is 3.40. The minimum atomic E-state index is 0.758. The van der Waals surface area contributed by atoms with Crippen LogP contribution in [-0.4, -0.2) is 13.6 Å². The van der Waals surface area contributed by atoms with Crippen molar-refractivity contribution >= 4 is 0 Å². The Morgan fingerprint density at radius 3 is 3.09 bits per heavy atom. The molecule has 0 bridgehead atoms. The summed E-state index contributed by atoms with van der Waals surface area (Å²) in [5.41, 5.74) is 1.59. The number of hydrogen-bond acceptors (Lipinski definition) is 1. The molecule has 0 aromatic rings. The molecule has 0 aromatic carbocycles. The van der Waals surface area contributed by atoms with Gasteiger partial charge in [-0.15, -0.1) is 0 Å². The maximum atomic E-state index is 3.17. The average Bonchev–Trinajstić information content (AvgIpc) is 2.03. The van der Waals surface area contributed by atoms with Crippen LogP contribution in [0.1, 0.15) is 19.8 Å². The van der Waals surface area contributed by atoms with Gasteiger partial charge in [-0.1, -0.05) is 30.7 Å². The van der Waals surface area contributed by atoms with Gasteiger partial charge in [0.1, 0.15) is 0 Å². The first-order valence-electron chi connectivity index (χ1n) is 4.34. The van der Waals surface area contributed by atoms with Crippen LogP contribution in [0.4, 0.5) is 0 Å². The van der Waals surface area contributed by atoms with Crippen molar-refractivity contribution in [2.24, 2.45) is 5.92 Å². The lowest BCUT2D eigenvalue weighted by molar-refractivity contribution is 0.631. The summed E-state index contributed by atoms with van der Waals surface area (Å²) >= 11 is 0. The van der Waals surface area contributed by atoms with Gasteiger partial charge in [0.25, 0.3) is 0 Å². The Morgan fingerprint density at radius 2 is 2.45 bits per heavy atom. The molecule has 62 valence electrons. The molecule has 0 saturated carbocycles. The summed E-state index contributed by atoms with van der Waals surface area (Å²) in [6.07, 6.45) is 9.08. The minimum Gasteiger partial charge on any atom is -0.319 e. The number of nitrogens with one attached hydrogen (secondary N) is 1. The molecule has 1 aliphatic rings. The standard InChI is InChI=1S/C10H17N/c1-9-5-3-4-6-10(9)7-8-11-2/h3-4,6,9,11H,5,7-8H2,1-2H3. The van der Waals surface area contributed by atoms with Gasteiger partial charge in [-0.25, -0.2) is 0 Å². The van der Waals surface area contributed by atoms with Crippen molar-refractivity contribution in [3.63, 3.8) is 0 Å². The molecule has 1 atom stereocenters. The lowest BCUT2D eigenvalue weighted by atomic mass is 9.91. The predicted octanol–water partition coefficient (Wildman–Crippen LogP) is 2.12.